The highest BCUT2D eigenvalue weighted by molar-refractivity contribution is 6.88. The highest BCUT2D eigenvalue weighted by Crippen LogP contribution is 2.50. The lowest BCUT2D eigenvalue weighted by molar-refractivity contribution is 0.663. The van der Waals surface area contributed by atoms with Crippen LogP contribution in [0.2, 0.25) is 19.6 Å². The quantitative estimate of drug-likeness (QED) is 0.135. The average molecular weight is 863 g/mol. The number of hydrogen-bond acceptors (Lipinski definition) is 4. The molecule has 5 heteroatoms. The number of anilines is 6. The summed E-state index contributed by atoms with van der Waals surface area (Å²) < 4.78 is 14.2. The highest BCUT2D eigenvalue weighted by atomic mass is 28.3. The van der Waals surface area contributed by atoms with Crippen molar-refractivity contribution in [1.29, 1.82) is 0 Å². The summed E-state index contributed by atoms with van der Waals surface area (Å²) in [4.78, 5) is 4.77. The van der Waals surface area contributed by atoms with Gasteiger partial charge in [0, 0.05) is 61.8 Å². The number of furan rings is 2. The first-order valence-corrected chi connectivity index (χ1v) is 26.6. The van der Waals surface area contributed by atoms with Crippen molar-refractivity contribution in [3.63, 3.8) is 0 Å². The van der Waals surface area contributed by atoms with Gasteiger partial charge in [-0.15, -0.1) is 0 Å². The predicted molar refractivity (Wildman–Crippen MR) is 281 cm³/mol. The average Bonchev–Trinajstić information content (AvgIpc) is 3.89. The molecule has 0 unspecified atom stereocenters. The van der Waals surface area contributed by atoms with E-state index in [0.717, 1.165) is 99.5 Å². The second-order valence-corrected chi connectivity index (χ2v) is 24.5. The van der Waals surface area contributed by atoms with Crippen molar-refractivity contribution in [3.8, 4) is 0 Å². The molecule has 11 aromatic rings. The fourth-order valence-electron chi connectivity index (χ4n) is 9.82. The zero-order valence-corrected chi connectivity index (χ0v) is 39.5. The fraction of sp³-hybridized carbons (Fsp3) is 0.167. The molecule has 4 nitrogen and oxygen atoms in total. The van der Waals surface area contributed by atoms with Gasteiger partial charge >= 0.3 is 0 Å². The molecule has 0 atom stereocenters. The number of fused-ring (bicyclic) bond motifs is 11. The van der Waals surface area contributed by atoms with Crippen molar-refractivity contribution in [2.45, 2.75) is 66.1 Å². The second kappa shape index (κ2) is 15.6. The van der Waals surface area contributed by atoms with Crippen LogP contribution in [-0.2, 0) is 0 Å². The van der Waals surface area contributed by atoms with Gasteiger partial charge in [-0.2, -0.15) is 0 Å². The van der Waals surface area contributed by atoms with Gasteiger partial charge in [-0.1, -0.05) is 155 Å². The maximum Gasteiger partial charge on any atom is 0.147 e. The van der Waals surface area contributed by atoms with Gasteiger partial charge in [0.25, 0.3) is 0 Å². The van der Waals surface area contributed by atoms with Gasteiger partial charge in [0.2, 0.25) is 0 Å². The molecule has 65 heavy (non-hydrogen) atoms. The molecule has 9 aromatic carbocycles. The molecule has 320 valence electrons. The van der Waals surface area contributed by atoms with E-state index in [1.54, 1.807) is 0 Å². The normalized spacial score (nSPS) is 12.3. The molecule has 0 saturated carbocycles. The molecule has 0 amide bonds. The SMILES string of the molecule is Cc1ccc(N(c2ccc(C(C)C)cc2)c2cc3oc4c(ccc5oc6cc(N(c7ccc(C(C)C)cc7)c7ccc([Si](C)(C)C)cc7)c7ccccc7c6c54)c3c3ccccc23)cc1. The van der Waals surface area contributed by atoms with Crippen molar-refractivity contribution in [2.75, 3.05) is 9.80 Å². The first kappa shape index (κ1) is 40.7. The molecule has 0 saturated heterocycles. The Labute approximate surface area is 382 Å². The minimum atomic E-state index is -1.51. The van der Waals surface area contributed by atoms with Gasteiger partial charge < -0.3 is 18.6 Å². The van der Waals surface area contributed by atoms with E-state index >= 15 is 0 Å². The van der Waals surface area contributed by atoms with Crippen LogP contribution in [0.4, 0.5) is 34.1 Å². The summed E-state index contributed by atoms with van der Waals surface area (Å²) in [6.45, 7) is 18.3. The molecule has 0 bridgehead atoms. The van der Waals surface area contributed by atoms with E-state index in [2.05, 4.69) is 234 Å². The molecule has 2 aromatic heterocycles. The van der Waals surface area contributed by atoms with Crippen LogP contribution in [0.15, 0.2) is 179 Å². The lowest BCUT2D eigenvalue weighted by Gasteiger charge is -2.28. The Kier molecular flexibility index (Phi) is 9.74. The van der Waals surface area contributed by atoms with E-state index in [1.165, 1.54) is 21.9 Å². The van der Waals surface area contributed by atoms with Crippen molar-refractivity contribution >= 4 is 113 Å². The zero-order valence-electron chi connectivity index (χ0n) is 38.5. The predicted octanol–water partition coefficient (Wildman–Crippen LogP) is 17.8. The molecule has 11 rings (SSSR count). The lowest BCUT2D eigenvalue weighted by Crippen LogP contribution is -2.37. The smallest absolute Gasteiger partial charge is 0.147 e. The molecule has 0 aliphatic carbocycles. The van der Waals surface area contributed by atoms with Gasteiger partial charge in [0.1, 0.15) is 22.3 Å². The number of benzene rings is 9. The highest BCUT2D eigenvalue weighted by Gasteiger charge is 2.26. The Bertz CT molecular complexity index is 3570. The Morgan fingerprint density at radius 3 is 1.31 bits per heavy atom. The first-order chi connectivity index (χ1) is 31.4. The first-order valence-electron chi connectivity index (χ1n) is 23.1. The summed E-state index contributed by atoms with van der Waals surface area (Å²) in [6, 6.07) is 62.5. The summed E-state index contributed by atoms with van der Waals surface area (Å²) in [5.74, 6) is 0.882. The maximum atomic E-state index is 7.21. The Morgan fingerprint density at radius 1 is 0.400 bits per heavy atom. The van der Waals surface area contributed by atoms with Crippen molar-refractivity contribution in [2.24, 2.45) is 0 Å². The zero-order chi connectivity index (χ0) is 44.7. The summed E-state index contributed by atoms with van der Waals surface area (Å²) in [5.41, 5.74) is 13.7. The third-order valence-electron chi connectivity index (χ3n) is 13.4. The summed E-state index contributed by atoms with van der Waals surface area (Å²) in [7, 11) is -1.51. The molecular formula is C60H54N2O2Si. The summed E-state index contributed by atoms with van der Waals surface area (Å²) in [6.07, 6.45) is 0. The molecule has 0 aliphatic rings. The Balaban J connectivity index is 1.16. The third-order valence-corrected chi connectivity index (χ3v) is 15.5. The van der Waals surface area contributed by atoms with Gasteiger partial charge in [0.05, 0.1) is 24.8 Å². The minimum absolute atomic E-state index is 0.440. The van der Waals surface area contributed by atoms with Gasteiger partial charge in [-0.25, -0.2) is 0 Å². The van der Waals surface area contributed by atoms with Crippen LogP contribution in [-0.4, -0.2) is 8.07 Å². The fourth-order valence-corrected chi connectivity index (χ4v) is 11.0. The van der Waals surface area contributed by atoms with Crippen molar-refractivity contribution < 1.29 is 8.83 Å². The van der Waals surface area contributed by atoms with Gasteiger partial charge in [-0.3, -0.25) is 0 Å². The summed E-state index contributed by atoms with van der Waals surface area (Å²) in [5, 5.41) is 10.2. The van der Waals surface area contributed by atoms with Crippen LogP contribution in [0.1, 0.15) is 56.2 Å². The molecule has 0 spiro atoms. The van der Waals surface area contributed by atoms with Crippen LogP contribution < -0.4 is 15.0 Å². The topological polar surface area (TPSA) is 32.8 Å². The molecular weight excluding hydrogens is 809 g/mol. The van der Waals surface area contributed by atoms with E-state index in [-0.39, 0.29) is 0 Å². The van der Waals surface area contributed by atoms with E-state index in [9.17, 15) is 0 Å². The van der Waals surface area contributed by atoms with Gasteiger partial charge in [-0.05, 0) is 101 Å². The van der Waals surface area contributed by atoms with Crippen LogP contribution in [0, 0.1) is 6.92 Å². The van der Waals surface area contributed by atoms with E-state index in [0.29, 0.717) is 11.8 Å². The van der Waals surface area contributed by atoms with Crippen molar-refractivity contribution in [3.05, 3.63) is 187 Å². The standard InChI is InChI=1S/C60H54N2O2Si/c1-37(2)40-19-25-43(26-20-40)61(42-23-17-39(5)18-24-42)52-35-55-57(49-15-11-9-13-47(49)52)51-33-34-54-59(60(51)64-55)58-50-16-12-10-14-48(50)53(36-56(58)63-54)62(44-27-21-41(22-28-44)38(3)4)45-29-31-46(32-30-45)65(6,7)8/h9-38H,1-8H3. The van der Waals surface area contributed by atoms with Crippen LogP contribution in [0.5, 0.6) is 0 Å². The van der Waals surface area contributed by atoms with Crippen LogP contribution in [0.3, 0.4) is 0 Å². The minimum Gasteiger partial charge on any atom is -0.456 e. The Morgan fingerprint density at radius 2 is 0.831 bits per heavy atom. The van der Waals surface area contributed by atoms with E-state index < -0.39 is 8.07 Å². The molecule has 0 aliphatic heterocycles. The lowest BCUT2D eigenvalue weighted by atomic mass is 9.98. The molecule has 2 heterocycles. The maximum absolute atomic E-state index is 7.21. The number of nitrogens with zero attached hydrogens (tertiary/aromatic N) is 2. The monoisotopic (exact) mass is 862 g/mol. The van der Waals surface area contributed by atoms with Crippen LogP contribution >= 0.6 is 0 Å². The van der Waals surface area contributed by atoms with E-state index in [4.69, 9.17) is 8.83 Å². The van der Waals surface area contributed by atoms with E-state index in [1.807, 2.05) is 0 Å². The largest absolute Gasteiger partial charge is 0.456 e. The summed E-state index contributed by atoms with van der Waals surface area (Å²) >= 11 is 0. The molecule has 0 fully saturated rings. The second-order valence-electron chi connectivity index (χ2n) is 19.4. The van der Waals surface area contributed by atoms with Gasteiger partial charge in [0.15, 0.2) is 0 Å². The molecule has 0 N–H and O–H groups in total. The van der Waals surface area contributed by atoms with Crippen LogP contribution in [0.25, 0.3) is 65.4 Å². The third kappa shape index (κ3) is 6.88. The number of aryl methyl sites for hydroxylation is 1. The Hall–Kier alpha value is -7.08. The number of rotatable bonds is 9. The van der Waals surface area contributed by atoms with Crippen molar-refractivity contribution in [1.82, 2.24) is 0 Å². The number of hydrogen-bond donors (Lipinski definition) is 0. The molecule has 0 radical (unpaired) electrons.